The molecule has 2 N–H and O–H groups in total. The number of amides is 1. The van der Waals surface area contributed by atoms with E-state index in [0.29, 0.717) is 13.2 Å². The zero-order valence-corrected chi connectivity index (χ0v) is 12.0. The molecule has 4 nitrogen and oxygen atoms in total. The SMILES string of the molecule is COCC(NCCNC(=O)C(C)C)c1ccccc1. The molecule has 0 saturated heterocycles. The van der Waals surface area contributed by atoms with Gasteiger partial charge >= 0.3 is 0 Å². The van der Waals surface area contributed by atoms with E-state index in [1.54, 1.807) is 7.11 Å². The summed E-state index contributed by atoms with van der Waals surface area (Å²) in [7, 11) is 1.69. The summed E-state index contributed by atoms with van der Waals surface area (Å²) < 4.78 is 5.22. The molecule has 0 aromatic heterocycles. The van der Waals surface area contributed by atoms with E-state index in [-0.39, 0.29) is 17.9 Å². The zero-order chi connectivity index (χ0) is 14.1. The summed E-state index contributed by atoms with van der Waals surface area (Å²) in [6.45, 7) is 5.74. The first kappa shape index (κ1) is 15.7. The van der Waals surface area contributed by atoms with Crippen LogP contribution in [0.1, 0.15) is 25.5 Å². The number of ether oxygens (including phenoxy) is 1. The third kappa shape index (κ3) is 5.85. The molecular weight excluding hydrogens is 240 g/mol. The number of hydrogen-bond donors (Lipinski definition) is 2. The molecule has 0 aliphatic carbocycles. The molecule has 106 valence electrons. The van der Waals surface area contributed by atoms with Crippen molar-refractivity contribution >= 4 is 5.91 Å². The minimum atomic E-state index is 0.0314. The average molecular weight is 264 g/mol. The van der Waals surface area contributed by atoms with Gasteiger partial charge in [-0.05, 0) is 5.56 Å². The summed E-state index contributed by atoms with van der Waals surface area (Å²) >= 11 is 0. The van der Waals surface area contributed by atoms with Crippen LogP contribution in [0.15, 0.2) is 30.3 Å². The topological polar surface area (TPSA) is 50.4 Å². The molecule has 0 saturated carbocycles. The van der Waals surface area contributed by atoms with E-state index in [0.717, 1.165) is 6.54 Å². The molecule has 0 spiro atoms. The second kappa shape index (κ2) is 8.67. The van der Waals surface area contributed by atoms with E-state index >= 15 is 0 Å². The third-order valence-electron chi connectivity index (χ3n) is 2.87. The van der Waals surface area contributed by atoms with Crippen LogP contribution in [0.25, 0.3) is 0 Å². The maximum Gasteiger partial charge on any atom is 0.222 e. The molecule has 1 rings (SSSR count). The number of nitrogens with one attached hydrogen (secondary N) is 2. The van der Waals surface area contributed by atoms with Crippen LogP contribution in [-0.2, 0) is 9.53 Å². The van der Waals surface area contributed by atoms with E-state index in [4.69, 9.17) is 4.74 Å². The number of rotatable bonds is 8. The van der Waals surface area contributed by atoms with E-state index < -0.39 is 0 Å². The maximum atomic E-state index is 11.4. The molecule has 4 heteroatoms. The van der Waals surface area contributed by atoms with Gasteiger partial charge in [-0.25, -0.2) is 0 Å². The second-order valence-electron chi connectivity index (χ2n) is 4.82. The van der Waals surface area contributed by atoms with E-state index in [1.165, 1.54) is 5.56 Å². The van der Waals surface area contributed by atoms with Gasteiger partial charge in [-0.15, -0.1) is 0 Å². The lowest BCUT2D eigenvalue weighted by molar-refractivity contribution is -0.123. The molecule has 1 atom stereocenters. The highest BCUT2D eigenvalue weighted by molar-refractivity contribution is 5.77. The summed E-state index contributed by atoms with van der Waals surface area (Å²) in [5.74, 6) is 0.119. The summed E-state index contributed by atoms with van der Waals surface area (Å²) in [6.07, 6.45) is 0. The van der Waals surface area contributed by atoms with Crippen molar-refractivity contribution in [2.75, 3.05) is 26.8 Å². The van der Waals surface area contributed by atoms with Gasteiger partial charge in [0.15, 0.2) is 0 Å². The zero-order valence-electron chi connectivity index (χ0n) is 12.0. The first-order valence-corrected chi connectivity index (χ1v) is 6.70. The molecule has 1 amide bonds. The highest BCUT2D eigenvalue weighted by atomic mass is 16.5. The Morgan fingerprint density at radius 1 is 1.21 bits per heavy atom. The fourth-order valence-corrected chi connectivity index (χ4v) is 1.76. The number of carbonyl (C=O) groups is 1. The van der Waals surface area contributed by atoms with E-state index in [2.05, 4.69) is 22.8 Å². The van der Waals surface area contributed by atoms with Crippen LogP contribution >= 0.6 is 0 Å². The minimum Gasteiger partial charge on any atom is -0.383 e. The third-order valence-corrected chi connectivity index (χ3v) is 2.87. The molecular formula is C15H24N2O2. The molecule has 0 aliphatic heterocycles. The number of hydrogen-bond acceptors (Lipinski definition) is 3. The van der Waals surface area contributed by atoms with Gasteiger partial charge in [-0.1, -0.05) is 44.2 Å². The Labute approximate surface area is 115 Å². The van der Waals surface area contributed by atoms with Gasteiger partial charge in [-0.3, -0.25) is 4.79 Å². The Balaban J connectivity index is 2.37. The summed E-state index contributed by atoms with van der Waals surface area (Å²) in [6, 6.07) is 10.3. The highest BCUT2D eigenvalue weighted by Crippen LogP contribution is 2.11. The van der Waals surface area contributed by atoms with Crippen molar-refractivity contribution < 1.29 is 9.53 Å². The van der Waals surface area contributed by atoms with Crippen LogP contribution in [-0.4, -0.2) is 32.7 Å². The summed E-state index contributed by atoms with van der Waals surface area (Å²) in [4.78, 5) is 11.4. The Bertz CT molecular complexity index is 366. The maximum absolute atomic E-state index is 11.4. The largest absolute Gasteiger partial charge is 0.383 e. The summed E-state index contributed by atoms with van der Waals surface area (Å²) in [5, 5.41) is 6.28. The van der Waals surface area contributed by atoms with Crippen LogP contribution < -0.4 is 10.6 Å². The van der Waals surface area contributed by atoms with Crippen molar-refractivity contribution in [2.24, 2.45) is 5.92 Å². The normalized spacial score (nSPS) is 12.4. The average Bonchev–Trinajstić information content (AvgIpc) is 2.42. The van der Waals surface area contributed by atoms with Crippen molar-refractivity contribution in [1.82, 2.24) is 10.6 Å². The monoisotopic (exact) mass is 264 g/mol. The predicted molar refractivity (Wildman–Crippen MR) is 76.9 cm³/mol. The van der Waals surface area contributed by atoms with Crippen LogP contribution in [0.3, 0.4) is 0 Å². The van der Waals surface area contributed by atoms with Gasteiger partial charge < -0.3 is 15.4 Å². The first-order valence-electron chi connectivity index (χ1n) is 6.70. The highest BCUT2D eigenvalue weighted by Gasteiger charge is 2.10. The quantitative estimate of drug-likeness (QED) is 0.703. The number of methoxy groups -OCH3 is 1. The van der Waals surface area contributed by atoms with Gasteiger partial charge in [-0.2, -0.15) is 0 Å². The Morgan fingerprint density at radius 3 is 2.47 bits per heavy atom. The summed E-state index contributed by atoms with van der Waals surface area (Å²) in [5.41, 5.74) is 1.19. The molecule has 1 aromatic rings. The molecule has 19 heavy (non-hydrogen) atoms. The molecule has 0 fully saturated rings. The van der Waals surface area contributed by atoms with Gasteiger partial charge in [0.1, 0.15) is 0 Å². The number of benzene rings is 1. The molecule has 1 unspecified atom stereocenters. The molecule has 0 heterocycles. The van der Waals surface area contributed by atoms with Crippen LogP contribution in [0.2, 0.25) is 0 Å². The van der Waals surface area contributed by atoms with Crippen LogP contribution in [0.5, 0.6) is 0 Å². The van der Waals surface area contributed by atoms with Crippen molar-refractivity contribution in [3.05, 3.63) is 35.9 Å². The number of carbonyl (C=O) groups excluding carboxylic acids is 1. The van der Waals surface area contributed by atoms with Gasteiger partial charge in [0.25, 0.3) is 0 Å². The lowest BCUT2D eigenvalue weighted by atomic mass is 10.1. The molecule has 0 radical (unpaired) electrons. The lowest BCUT2D eigenvalue weighted by Gasteiger charge is -2.18. The fraction of sp³-hybridized carbons (Fsp3) is 0.533. The van der Waals surface area contributed by atoms with Crippen molar-refractivity contribution in [3.8, 4) is 0 Å². The van der Waals surface area contributed by atoms with Gasteiger partial charge in [0, 0.05) is 26.1 Å². The van der Waals surface area contributed by atoms with Crippen LogP contribution in [0.4, 0.5) is 0 Å². The van der Waals surface area contributed by atoms with Crippen molar-refractivity contribution in [1.29, 1.82) is 0 Å². The Hall–Kier alpha value is -1.39. The van der Waals surface area contributed by atoms with Gasteiger partial charge in [0.2, 0.25) is 5.91 Å². The molecule has 0 bridgehead atoms. The second-order valence-corrected chi connectivity index (χ2v) is 4.82. The predicted octanol–water partition coefficient (Wildman–Crippen LogP) is 1.74. The van der Waals surface area contributed by atoms with Gasteiger partial charge in [0.05, 0.1) is 12.6 Å². The lowest BCUT2D eigenvalue weighted by Crippen LogP contribution is -2.36. The van der Waals surface area contributed by atoms with Crippen molar-refractivity contribution in [3.63, 3.8) is 0 Å². The first-order chi connectivity index (χ1) is 9.15. The van der Waals surface area contributed by atoms with Crippen LogP contribution in [0, 0.1) is 5.92 Å². The Kier molecular flexibility index (Phi) is 7.15. The minimum absolute atomic E-state index is 0.0314. The van der Waals surface area contributed by atoms with Crippen molar-refractivity contribution in [2.45, 2.75) is 19.9 Å². The Morgan fingerprint density at radius 2 is 1.89 bits per heavy atom. The molecule has 1 aromatic carbocycles. The van der Waals surface area contributed by atoms with E-state index in [9.17, 15) is 4.79 Å². The van der Waals surface area contributed by atoms with E-state index in [1.807, 2.05) is 32.0 Å². The standard InChI is InChI=1S/C15H24N2O2/c1-12(2)15(18)17-10-9-16-14(11-19-3)13-7-5-4-6-8-13/h4-8,12,14,16H,9-11H2,1-3H3,(H,17,18). The molecule has 0 aliphatic rings. The smallest absolute Gasteiger partial charge is 0.222 e. The fourth-order valence-electron chi connectivity index (χ4n) is 1.76.